The van der Waals surface area contributed by atoms with Crippen molar-refractivity contribution >= 4 is 48.0 Å². The van der Waals surface area contributed by atoms with Crippen molar-refractivity contribution < 1.29 is 20.4 Å². The molecule has 189 valence electrons. The average Bonchev–Trinajstić information content (AvgIpc) is 3.73. The predicted octanol–water partition coefficient (Wildman–Crippen LogP) is 6.04. The van der Waals surface area contributed by atoms with E-state index in [0.29, 0.717) is 45.9 Å². The van der Waals surface area contributed by atoms with Gasteiger partial charge in [-0.25, -0.2) is 0 Å². The van der Waals surface area contributed by atoms with Crippen molar-refractivity contribution in [1.29, 1.82) is 0 Å². The molecule has 0 spiro atoms. The van der Waals surface area contributed by atoms with Crippen molar-refractivity contribution in [3.05, 3.63) is 91.0 Å². The molecule has 0 saturated heterocycles. The van der Waals surface area contributed by atoms with Crippen LogP contribution in [0.25, 0.3) is 89.7 Å². The first kappa shape index (κ1) is 22.7. The van der Waals surface area contributed by atoms with Crippen LogP contribution in [0.4, 0.5) is 0 Å². The minimum absolute atomic E-state index is 0.598. The van der Waals surface area contributed by atoms with Crippen LogP contribution in [0, 0.1) is 0 Å². The van der Waals surface area contributed by atoms with Gasteiger partial charge in [0.25, 0.3) is 0 Å². The summed E-state index contributed by atoms with van der Waals surface area (Å²) in [6.45, 7) is 0. The topological polar surface area (TPSA) is 109 Å². The van der Waals surface area contributed by atoms with Crippen LogP contribution < -0.4 is 3.87 Å². The second kappa shape index (κ2) is 8.48. The van der Waals surface area contributed by atoms with Gasteiger partial charge in [0.05, 0.1) is 0 Å². The zero-order chi connectivity index (χ0) is 27.1. The number of nitrogens with one attached hydrogen (secondary N) is 2. The van der Waals surface area contributed by atoms with Crippen LogP contribution in [0.2, 0.25) is 0 Å². The molecule has 2 N–H and O–H groups in total. The standard InChI is InChI=1S/C32H17N8.Ti/c1-2-10-18-17(9-1)25-33-26(18)38-28-21-13-5-6-14-22(21)30(35-28)40-32-24-16-8-7-15-23(24)31(36-32)39-29-20-12-4-3-11-19(20)27(34-29)37-25;/h1-15H,(H2,33,34,35,36,37,38,39,40);. The summed E-state index contributed by atoms with van der Waals surface area (Å²) >= 11 is 2.08. The Hall–Kier alpha value is -5.05. The maximum atomic E-state index is 5.08. The molecule has 7 aromatic rings. The Labute approximate surface area is 244 Å². The molecule has 0 aliphatic carbocycles. The Morgan fingerprint density at radius 2 is 0.780 bits per heavy atom. The Bertz CT molecular complexity index is 2400. The van der Waals surface area contributed by atoms with Crippen LogP contribution >= 0.6 is 0 Å². The fourth-order valence-electron chi connectivity index (χ4n) is 5.69. The van der Waals surface area contributed by atoms with Gasteiger partial charge in [0.2, 0.25) is 0 Å². The van der Waals surface area contributed by atoms with Gasteiger partial charge >= 0.3 is 239 Å². The van der Waals surface area contributed by atoms with Gasteiger partial charge in [-0.3, -0.25) is 0 Å². The number of hydrogen-bond acceptors (Lipinski definition) is 6. The molecule has 8 nitrogen and oxygen atoms in total. The van der Waals surface area contributed by atoms with E-state index in [2.05, 4.69) is 36.5 Å². The summed E-state index contributed by atoms with van der Waals surface area (Å²) in [5, 5.41) is 3.83. The molecule has 0 saturated carbocycles. The van der Waals surface area contributed by atoms with E-state index >= 15 is 0 Å². The Morgan fingerprint density at radius 1 is 0.390 bits per heavy atom. The molecule has 0 radical (unpaired) electrons. The number of aromatic amines is 2. The number of aromatic nitrogens is 8. The van der Waals surface area contributed by atoms with Gasteiger partial charge in [0.15, 0.2) is 0 Å². The normalized spacial score (nSPS) is 12.0. The molecule has 2 aliphatic rings. The van der Waals surface area contributed by atoms with Crippen LogP contribution in [0.3, 0.4) is 0 Å². The molecule has 9 rings (SSSR count). The van der Waals surface area contributed by atoms with Crippen LogP contribution in [0.1, 0.15) is 0 Å². The van der Waals surface area contributed by atoms with Crippen molar-refractivity contribution in [3.63, 3.8) is 0 Å². The summed E-state index contributed by atoms with van der Waals surface area (Å²) in [5.74, 6) is 2.41. The number of hydrogen-bond donors (Lipinski definition) is 2. The molecule has 0 fully saturated rings. The zero-order valence-corrected chi connectivity index (χ0v) is 22.9. The van der Waals surface area contributed by atoms with E-state index in [-0.39, 0.29) is 0 Å². The first-order chi connectivity index (χ1) is 20.2. The number of rotatable bonds is 0. The zero-order valence-electron chi connectivity index (χ0n) is 21.3. The third-order valence-electron chi connectivity index (χ3n) is 7.58. The fourth-order valence-corrected chi connectivity index (χ4v) is 6.22. The Kier molecular flexibility index (Phi) is 4.70. The Balaban J connectivity index is 1.52. The van der Waals surface area contributed by atoms with E-state index in [0.717, 1.165) is 47.7 Å². The third kappa shape index (κ3) is 3.38. The first-order valence-electron chi connectivity index (χ1n) is 13.2. The van der Waals surface area contributed by atoms with Crippen molar-refractivity contribution in [2.24, 2.45) is 0 Å². The summed E-state index contributed by atoms with van der Waals surface area (Å²) in [4.78, 5) is 37.0. The van der Waals surface area contributed by atoms with Gasteiger partial charge in [-0.1, -0.05) is 6.07 Å². The summed E-state index contributed by atoms with van der Waals surface area (Å²) < 4.78 is 1.08. The average molecular weight is 561 g/mol. The monoisotopic (exact) mass is 561 g/mol. The molecule has 0 amide bonds. The molecular formula is C32H17N8Ti. The van der Waals surface area contributed by atoms with Crippen molar-refractivity contribution in [2.75, 3.05) is 0 Å². The molecule has 8 bridgehead atoms. The first-order valence-corrected chi connectivity index (χ1v) is 13.9. The van der Waals surface area contributed by atoms with Crippen molar-refractivity contribution in [1.82, 2.24) is 39.9 Å². The van der Waals surface area contributed by atoms with E-state index in [4.69, 9.17) is 29.9 Å². The van der Waals surface area contributed by atoms with E-state index < -0.39 is 0 Å². The molecule has 0 unspecified atom stereocenters. The molecule has 4 aromatic carbocycles. The quantitative estimate of drug-likeness (QED) is 0.219. The van der Waals surface area contributed by atoms with Gasteiger partial charge in [0.1, 0.15) is 0 Å². The molecule has 3 aromatic heterocycles. The number of nitrogens with zero attached hydrogens (tertiary/aromatic N) is 6. The summed E-state index contributed by atoms with van der Waals surface area (Å²) in [5.41, 5.74) is 6.52. The number of H-pyrrole nitrogens is 2. The van der Waals surface area contributed by atoms with E-state index in [1.807, 2.05) is 84.9 Å². The van der Waals surface area contributed by atoms with Crippen LogP contribution in [0.5, 0.6) is 0 Å². The minimum atomic E-state index is 0.598. The summed E-state index contributed by atoms with van der Waals surface area (Å²) in [6, 6.07) is 30.4. The summed E-state index contributed by atoms with van der Waals surface area (Å²) in [6.07, 6.45) is 0. The van der Waals surface area contributed by atoms with Gasteiger partial charge in [-0.15, -0.1) is 0 Å². The van der Waals surface area contributed by atoms with E-state index in [1.165, 1.54) is 0 Å². The maximum absolute atomic E-state index is 5.08. The SMILES string of the molecule is [Ti][c]1cccc2c1-c1nc-2nc2[nH]c(nc3nc(nc4[nH]c(n1)c1ccccc41)-c1ccccc1-3)c1ccccc21. The number of fused-ring (bicyclic) bond motifs is 20. The molecule has 9 heteroatoms. The van der Waals surface area contributed by atoms with Crippen LogP contribution in [0.15, 0.2) is 91.0 Å². The van der Waals surface area contributed by atoms with E-state index in [1.54, 1.807) is 0 Å². The predicted molar refractivity (Wildman–Crippen MR) is 156 cm³/mol. The second-order valence-corrected chi connectivity index (χ2v) is 10.8. The van der Waals surface area contributed by atoms with Crippen molar-refractivity contribution in [3.8, 4) is 45.6 Å². The van der Waals surface area contributed by atoms with Crippen LogP contribution in [-0.2, 0) is 20.4 Å². The van der Waals surface area contributed by atoms with Gasteiger partial charge in [-0.05, 0) is 0 Å². The second-order valence-electron chi connectivity index (χ2n) is 9.97. The molecule has 41 heavy (non-hydrogen) atoms. The molecule has 5 heterocycles. The van der Waals surface area contributed by atoms with Crippen molar-refractivity contribution in [2.45, 2.75) is 0 Å². The third-order valence-corrected chi connectivity index (χ3v) is 8.23. The summed E-state index contributed by atoms with van der Waals surface area (Å²) in [7, 11) is 0. The van der Waals surface area contributed by atoms with Crippen LogP contribution in [-0.4, -0.2) is 39.9 Å². The van der Waals surface area contributed by atoms with Gasteiger partial charge in [0, 0.05) is 0 Å². The molecule has 2 aliphatic heterocycles. The van der Waals surface area contributed by atoms with E-state index in [9.17, 15) is 0 Å². The fraction of sp³-hybridized carbons (Fsp3) is 0. The van der Waals surface area contributed by atoms with Gasteiger partial charge < -0.3 is 0 Å². The number of benzene rings is 4. The molecule has 0 atom stereocenters. The van der Waals surface area contributed by atoms with Gasteiger partial charge in [-0.2, -0.15) is 0 Å². The Morgan fingerprint density at radius 3 is 1.29 bits per heavy atom. The molecular weight excluding hydrogens is 544 g/mol.